The Kier molecular flexibility index (Phi) is 9.40. The van der Waals surface area contributed by atoms with E-state index in [-0.39, 0.29) is 24.3 Å². The second-order valence-electron chi connectivity index (χ2n) is 11.9. The highest BCUT2D eigenvalue weighted by Crippen LogP contribution is 2.35. The molecule has 3 aromatic rings. The molecule has 0 saturated carbocycles. The zero-order valence-corrected chi connectivity index (χ0v) is 26.2. The van der Waals surface area contributed by atoms with E-state index in [0.29, 0.717) is 23.2 Å². The smallest absolute Gasteiger partial charge is 0.301 e. The van der Waals surface area contributed by atoms with Crippen LogP contribution in [0.5, 0.6) is 11.5 Å². The van der Waals surface area contributed by atoms with Crippen LogP contribution < -0.4 is 19.7 Å². The first-order chi connectivity index (χ1) is 22.6. The van der Waals surface area contributed by atoms with Gasteiger partial charge >= 0.3 is 5.92 Å². The molecule has 2 N–H and O–H groups in total. The molecule has 2 atom stereocenters. The molecule has 0 aliphatic carbocycles. The van der Waals surface area contributed by atoms with Crippen molar-refractivity contribution in [1.29, 1.82) is 5.26 Å². The fourth-order valence-corrected chi connectivity index (χ4v) is 6.02. The second-order valence-corrected chi connectivity index (χ2v) is 11.9. The van der Waals surface area contributed by atoms with Crippen molar-refractivity contribution in [3.63, 3.8) is 0 Å². The Morgan fingerprint density at radius 3 is 2.57 bits per heavy atom. The zero-order chi connectivity index (χ0) is 33.1. The van der Waals surface area contributed by atoms with Gasteiger partial charge in [0.25, 0.3) is 5.91 Å². The predicted octanol–water partition coefficient (Wildman–Crippen LogP) is 3.28. The number of piperazine rings is 1. The van der Waals surface area contributed by atoms with Gasteiger partial charge in [-0.25, -0.2) is 18.7 Å². The van der Waals surface area contributed by atoms with Crippen molar-refractivity contribution < 1.29 is 32.9 Å². The summed E-state index contributed by atoms with van der Waals surface area (Å²) in [7, 11) is 1.65. The molecule has 248 valence electrons. The first-order valence-electron chi connectivity index (χ1n) is 15.6. The number of nitrogens with zero attached hydrogens (tertiary/aromatic N) is 6. The van der Waals surface area contributed by atoms with Crippen molar-refractivity contribution >= 4 is 23.1 Å². The van der Waals surface area contributed by atoms with Crippen LogP contribution in [0.1, 0.15) is 18.9 Å². The molecule has 1 amide bonds. The third-order valence-corrected chi connectivity index (χ3v) is 8.73. The number of carbonyl (C=O) groups is 1. The van der Waals surface area contributed by atoms with Crippen LogP contribution >= 0.6 is 0 Å². The minimum absolute atomic E-state index is 0.000238. The normalized spacial score (nSPS) is 20.6. The summed E-state index contributed by atoms with van der Waals surface area (Å²) in [5.41, 5.74) is 2.34. The Hall–Kier alpha value is -4.58. The van der Waals surface area contributed by atoms with Gasteiger partial charge in [0.2, 0.25) is 0 Å². The molecule has 6 rings (SSSR count). The van der Waals surface area contributed by atoms with Crippen molar-refractivity contribution in [2.45, 2.75) is 37.5 Å². The van der Waals surface area contributed by atoms with Crippen LogP contribution in [0.25, 0.3) is 11.4 Å². The Morgan fingerprint density at radius 2 is 1.91 bits per heavy atom. The Bertz CT molecular complexity index is 1640. The number of nitrogens with one attached hydrogen (secondary N) is 1. The summed E-state index contributed by atoms with van der Waals surface area (Å²) in [6.45, 7) is 5.73. The minimum atomic E-state index is -3.38. The number of likely N-dealkylation sites (tertiary alicyclic amines) is 1. The highest BCUT2D eigenvalue weighted by Gasteiger charge is 2.48. The fourth-order valence-electron chi connectivity index (χ4n) is 6.02. The molecule has 4 heterocycles. The van der Waals surface area contributed by atoms with Gasteiger partial charge in [-0.2, -0.15) is 5.26 Å². The van der Waals surface area contributed by atoms with Crippen molar-refractivity contribution in [3.05, 3.63) is 54.2 Å². The summed E-state index contributed by atoms with van der Waals surface area (Å²) in [5.74, 6) is -2.56. The number of anilines is 3. The third kappa shape index (κ3) is 7.07. The van der Waals surface area contributed by atoms with Crippen LogP contribution in [0.15, 0.2) is 48.7 Å². The number of benzene rings is 2. The topological polar surface area (TPSA) is 136 Å². The molecule has 0 radical (unpaired) electrons. The lowest BCUT2D eigenvalue weighted by Gasteiger charge is -2.43. The van der Waals surface area contributed by atoms with Gasteiger partial charge in [0, 0.05) is 62.7 Å². The summed E-state index contributed by atoms with van der Waals surface area (Å²) in [5, 5.41) is 22.6. The Balaban J connectivity index is 1.12. The number of alkyl halides is 2. The molecule has 0 bridgehead atoms. The van der Waals surface area contributed by atoms with Gasteiger partial charge in [0.15, 0.2) is 11.9 Å². The number of aliphatic hydroxyl groups is 1. The summed E-state index contributed by atoms with van der Waals surface area (Å²) < 4.78 is 46.6. The second kappa shape index (κ2) is 13.6. The number of rotatable bonds is 9. The van der Waals surface area contributed by atoms with Crippen molar-refractivity contribution in [2.24, 2.45) is 0 Å². The van der Waals surface area contributed by atoms with E-state index >= 15 is 0 Å². The molecule has 3 fully saturated rings. The molecule has 3 aliphatic rings. The molecular weight excluding hydrogens is 612 g/mol. The lowest BCUT2D eigenvalue weighted by atomic mass is 10.0. The monoisotopic (exact) mass is 649 g/mol. The molecular formula is C33H37F2N7O5. The van der Waals surface area contributed by atoms with Gasteiger partial charge in [-0.15, -0.1) is 0 Å². The summed E-state index contributed by atoms with van der Waals surface area (Å²) in [6.07, 6.45) is -1.49. The van der Waals surface area contributed by atoms with E-state index < -0.39 is 30.6 Å². The largest absolute Gasteiger partial charge is 0.495 e. The van der Waals surface area contributed by atoms with Crippen LogP contribution in [0.4, 0.5) is 26.0 Å². The molecule has 3 saturated heterocycles. The van der Waals surface area contributed by atoms with Crippen LogP contribution in [0.2, 0.25) is 0 Å². The number of halogens is 2. The van der Waals surface area contributed by atoms with Crippen molar-refractivity contribution in [2.75, 3.05) is 69.8 Å². The maximum Gasteiger partial charge on any atom is 0.301 e. The van der Waals surface area contributed by atoms with Crippen LogP contribution in [-0.2, 0) is 9.53 Å². The molecule has 0 unspecified atom stereocenters. The summed E-state index contributed by atoms with van der Waals surface area (Å²) in [4.78, 5) is 26.7. The van der Waals surface area contributed by atoms with Crippen LogP contribution in [0.3, 0.4) is 0 Å². The number of aromatic nitrogens is 2. The highest BCUT2D eigenvalue weighted by atomic mass is 19.3. The number of piperidine rings is 1. The van der Waals surface area contributed by atoms with E-state index in [2.05, 4.69) is 25.1 Å². The Labute approximate surface area is 271 Å². The van der Waals surface area contributed by atoms with E-state index in [1.54, 1.807) is 25.4 Å². The zero-order valence-electron chi connectivity index (χ0n) is 26.2. The van der Waals surface area contributed by atoms with Gasteiger partial charge < -0.3 is 34.4 Å². The molecule has 0 spiro atoms. The van der Waals surface area contributed by atoms with E-state index in [1.807, 2.05) is 24.3 Å². The maximum atomic E-state index is 14.9. The molecule has 3 aliphatic heterocycles. The quantitative estimate of drug-likeness (QED) is 0.354. The summed E-state index contributed by atoms with van der Waals surface area (Å²) >= 11 is 0. The number of nitriles is 1. The molecule has 2 aromatic carbocycles. The van der Waals surface area contributed by atoms with Gasteiger partial charge in [0.05, 0.1) is 44.2 Å². The average molecular weight is 650 g/mol. The van der Waals surface area contributed by atoms with Gasteiger partial charge in [0.1, 0.15) is 29.5 Å². The lowest BCUT2D eigenvalue weighted by Crippen LogP contribution is -2.56. The SMILES string of the molecule is COc1cc(Nc2ccnc(-c3ccc(O[C@H]4CCN(C(=O)[C@H](C)O)CC4(F)F)c(C#N)c3)n2)ccc1N1CCN(C2COC2)CC1. The number of carbonyl (C=O) groups excluding carboxylic acids is 1. The first kappa shape index (κ1) is 32.4. The van der Waals surface area contributed by atoms with E-state index in [9.17, 15) is 23.9 Å². The minimum Gasteiger partial charge on any atom is -0.495 e. The number of ether oxygens (including phenoxy) is 3. The average Bonchev–Trinajstić information content (AvgIpc) is 3.05. The fraction of sp³-hybridized carbons (Fsp3) is 0.455. The van der Waals surface area contributed by atoms with Gasteiger partial charge in [-0.05, 0) is 43.3 Å². The lowest BCUT2D eigenvalue weighted by molar-refractivity contribution is -0.165. The van der Waals surface area contributed by atoms with Gasteiger partial charge in [-0.3, -0.25) is 9.69 Å². The van der Waals surface area contributed by atoms with E-state index in [1.165, 1.54) is 19.1 Å². The maximum absolute atomic E-state index is 14.9. The van der Waals surface area contributed by atoms with Crippen molar-refractivity contribution in [1.82, 2.24) is 19.8 Å². The number of methoxy groups -OCH3 is 1. The number of amides is 1. The first-order valence-corrected chi connectivity index (χ1v) is 15.6. The molecule has 14 heteroatoms. The predicted molar refractivity (Wildman–Crippen MR) is 169 cm³/mol. The van der Waals surface area contributed by atoms with Gasteiger partial charge in [-0.1, -0.05) is 0 Å². The molecule has 1 aromatic heterocycles. The highest BCUT2D eigenvalue weighted by molar-refractivity contribution is 5.80. The number of aliphatic hydroxyl groups excluding tert-OH is 1. The van der Waals surface area contributed by atoms with Crippen molar-refractivity contribution in [3.8, 4) is 29.0 Å². The summed E-state index contributed by atoms with van der Waals surface area (Å²) in [6, 6.07) is 14.7. The van der Waals surface area contributed by atoms with Crippen LogP contribution in [-0.4, -0.2) is 115 Å². The Morgan fingerprint density at radius 1 is 1.13 bits per heavy atom. The van der Waals surface area contributed by atoms with E-state index in [4.69, 9.17) is 14.2 Å². The van der Waals surface area contributed by atoms with Crippen LogP contribution in [0, 0.1) is 11.3 Å². The number of hydrogen-bond acceptors (Lipinski definition) is 11. The molecule has 47 heavy (non-hydrogen) atoms. The third-order valence-electron chi connectivity index (χ3n) is 8.73. The standard InChI is InChI=1S/C33H37F2N7O5/c1-21(43)32(44)42-10-8-29(33(34,35)20-42)47-27-6-3-22(15-23(27)17-36)31-37-9-7-30(39-31)38-24-4-5-26(28(16-24)45-2)41-13-11-40(12-14-41)25-18-46-19-25/h3-7,9,15-16,21,25,29,43H,8,10-14,18-20H2,1-2H3,(H,37,38,39)/t21-,29-/m0/s1. The molecule has 12 nitrogen and oxygen atoms in total. The number of hydrogen-bond donors (Lipinski definition) is 2. The van der Waals surface area contributed by atoms with E-state index in [0.717, 1.165) is 61.4 Å².